The SMILES string of the molecule is C/C=C(\C)NCNc1ncnc2cc(Br)cc(O[C@H](C)CN(C)C)c12. The molecule has 2 rings (SSSR count). The summed E-state index contributed by atoms with van der Waals surface area (Å²) in [5.41, 5.74) is 1.94. The Hall–Kier alpha value is -1.86. The summed E-state index contributed by atoms with van der Waals surface area (Å²) in [4.78, 5) is 10.9. The Kier molecular flexibility index (Phi) is 7.01. The summed E-state index contributed by atoms with van der Waals surface area (Å²) >= 11 is 3.54. The number of anilines is 1. The zero-order valence-corrected chi connectivity index (χ0v) is 17.0. The summed E-state index contributed by atoms with van der Waals surface area (Å²) in [6, 6.07) is 3.93. The third-order valence-electron chi connectivity index (χ3n) is 3.67. The van der Waals surface area contributed by atoms with Gasteiger partial charge in [0.2, 0.25) is 0 Å². The van der Waals surface area contributed by atoms with Gasteiger partial charge < -0.3 is 20.3 Å². The number of nitrogens with one attached hydrogen (secondary N) is 2. The van der Waals surface area contributed by atoms with Crippen molar-refractivity contribution in [1.29, 1.82) is 0 Å². The summed E-state index contributed by atoms with van der Waals surface area (Å²) in [5.74, 6) is 1.52. The molecule has 136 valence electrons. The molecular weight excluding hydrogens is 382 g/mol. The van der Waals surface area contributed by atoms with Crippen LogP contribution >= 0.6 is 15.9 Å². The maximum atomic E-state index is 6.19. The van der Waals surface area contributed by atoms with Crippen molar-refractivity contribution in [3.05, 3.63) is 34.7 Å². The van der Waals surface area contributed by atoms with Crippen molar-refractivity contribution >= 4 is 32.7 Å². The number of likely N-dealkylation sites (N-methyl/N-ethyl adjacent to an activating group) is 1. The fourth-order valence-corrected chi connectivity index (χ4v) is 2.91. The van der Waals surface area contributed by atoms with Crippen molar-refractivity contribution in [2.45, 2.75) is 26.9 Å². The van der Waals surface area contributed by atoms with Crippen molar-refractivity contribution in [3.63, 3.8) is 0 Å². The van der Waals surface area contributed by atoms with E-state index in [2.05, 4.69) is 48.4 Å². The lowest BCUT2D eigenvalue weighted by molar-refractivity contribution is 0.179. The molecule has 0 aliphatic rings. The minimum Gasteiger partial charge on any atom is -0.488 e. The molecular formula is C18H26BrN5O. The number of halogens is 1. The maximum Gasteiger partial charge on any atom is 0.142 e. The fraction of sp³-hybridized carbons (Fsp3) is 0.444. The van der Waals surface area contributed by atoms with Crippen LogP contribution in [0, 0.1) is 0 Å². The van der Waals surface area contributed by atoms with Crippen LogP contribution in [0.25, 0.3) is 10.9 Å². The van der Waals surface area contributed by atoms with Gasteiger partial charge in [-0.1, -0.05) is 22.0 Å². The van der Waals surface area contributed by atoms with E-state index in [1.54, 1.807) is 6.33 Å². The van der Waals surface area contributed by atoms with Crippen molar-refractivity contribution in [2.75, 3.05) is 32.6 Å². The quantitative estimate of drug-likeness (QED) is 0.651. The number of hydrogen-bond acceptors (Lipinski definition) is 6. The average molecular weight is 408 g/mol. The van der Waals surface area contributed by atoms with Crippen LogP contribution in [0.3, 0.4) is 0 Å². The predicted octanol–water partition coefficient (Wildman–Crippen LogP) is 3.60. The van der Waals surface area contributed by atoms with E-state index >= 15 is 0 Å². The highest BCUT2D eigenvalue weighted by Gasteiger charge is 2.14. The molecule has 1 aromatic heterocycles. The first kappa shape index (κ1) is 19.5. The number of benzene rings is 1. The second-order valence-electron chi connectivity index (χ2n) is 6.21. The molecule has 0 aliphatic heterocycles. The van der Waals surface area contributed by atoms with Gasteiger partial charge in [0.1, 0.15) is 24.0 Å². The van der Waals surface area contributed by atoms with E-state index in [9.17, 15) is 0 Å². The average Bonchev–Trinajstić information content (AvgIpc) is 2.53. The second-order valence-corrected chi connectivity index (χ2v) is 7.13. The Labute approximate surface area is 157 Å². The summed E-state index contributed by atoms with van der Waals surface area (Å²) in [6.45, 7) is 7.48. The Morgan fingerprint density at radius 1 is 1.36 bits per heavy atom. The minimum atomic E-state index is 0.0453. The van der Waals surface area contributed by atoms with Gasteiger partial charge in [-0.3, -0.25) is 0 Å². The van der Waals surface area contributed by atoms with Gasteiger partial charge in [-0.05, 0) is 47.0 Å². The number of aromatic nitrogens is 2. The second kappa shape index (κ2) is 9.01. The highest BCUT2D eigenvalue weighted by atomic mass is 79.9. The van der Waals surface area contributed by atoms with E-state index in [1.165, 1.54) is 0 Å². The van der Waals surface area contributed by atoms with E-state index in [4.69, 9.17) is 4.74 Å². The molecule has 0 saturated carbocycles. The van der Waals surface area contributed by atoms with Crippen LogP contribution in [-0.4, -0.2) is 48.3 Å². The standard InChI is InChI=1S/C18H26BrN5O/c1-6-12(2)20-10-22-18-17-15(21-11-23-18)7-14(19)8-16(17)25-13(3)9-24(4)5/h6-8,11,13,20H,9-10H2,1-5H3,(H,21,22,23)/b12-6+/t13-/m1/s1. The molecule has 1 aromatic carbocycles. The number of ether oxygens (including phenoxy) is 1. The van der Waals surface area contributed by atoms with Gasteiger partial charge in [0.05, 0.1) is 17.6 Å². The molecule has 2 N–H and O–H groups in total. The number of allylic oxidation sites excluding steroid dienone is 2. The molecule has 0 bridgehead atoms. The first-order valence-corrected chi connectivity index (χ1v) is 9.06. The molecule has 2 aromatic rings. The highest BCUT2D eigenvalue weighted by molar-refractivity contribution is 9.10. The highest BCUT2D eigenvalue weighted by Crippen LogP contribution is 2.33. The van der Waals surface area contributed by atoms with Crippen LogP contribution in [0.4, 0.5) is 5.82 Å². The third-order valence-corrected chi connectivity index (χ3v) is 4.13. The smallest absolute Gasteiger partial charge is 0.142 e. The number of hydrogen-bond donors (Lipinski definition) is 2. The van der Waals surface area contributed by atoms with Gasteiger partial charge in [-0.15, -0.1) is 0 Å². The molecule has 0 spiro atoms. The number of fused-ring (bicyclic) bond motifs is 1. The molecule has 25 heavy (non-hydrogen) atoms. The van der Waals surface area contributed by atoms with Crippen LogP contribution in [0.2, 0.25) is 0 Å². The molecule has 0 fully saturated rings. The Bertz CT molecular complexity index is 748. The molecule has 0 saturated heterocycles. The predicted molar refractivity (Wildman–Crippen MR) is 107 cm³/mol. The third kappa shape index (κ3) is 5.57. The van der Waals surface area contributed by atoms with E-state index in [0.29, 0.717) is 6.67 Å². The Balaban J connectivity index is 2.32. The lowest BCUT2D eigenvalue weighted by Gasteiger charge is -2.21. The normalized spacial score (nSPS) is 13.2. The lowest BCUT2D eigenvalue weighted by Crippen LogP contribution is -2.28. The summed E-state index contributed by atoms with van der Waals surface area (Å²) in [7, 11) is 4.06. The Morgan fingerprint density at radius 3 is 2.80 bits per heavy atom. The zero-order valence-electron chi connectivity index (χ0n) is 15.4. The van der Waals surface area contributed by atoms with Gasteiger partial charge in [-0.2, -0.15) is 0 Å². The van der Waals surface area contributed by atoms with Gasteiger partial charge >= 0.3 is 0 Å². The van der Waals surface area contributed by atoms with Crippen molar-refractivity contribution in [1.82, 2.24) is 20.2 Å². The van der Waals surface area contributed by atoms with Crippen LogP contribution in [0.1, 0.15) is 20.8 Å². The molecule has 6 nitrogen and oxygen atoms in total. The summed E-state index contributed by atoms with van der Waals surface area (Å²) < 4.78 is 7.12. The largest absolute Gasteiger partial charge is 0.488 e. The van der Waals surface area contributed by atoms with E-state index in [0.717, 1.165) is 39.2 Å². The van der Waals surface area contributed by atoms with Crippen molar-refractivity contribution < 1.29 is 4.74 Å². The molecule has 7 heteroatoms. The van der Waals surface area contributed by atoms with Crippen molar-refractivity contribution in [2.24, 2.45) is 0 Å². The van der Waals surface area contributed by atoms with E-state index in [-0.39, 0.29) is 6.10 Å². The van der Waals surface area contributed by atoms with Crippen LogP contribution in [-0.2, 0) is 0 Å². The Morgan fingerprint density at radius 2 is 2.12 bits per heavy atom. The van der Waals surface area contributed by atoms with Crippen molar-refractivity contribution in [3.8, 4) is 5.75 Å². The molecule has 1 atom stereocenters. The van der Waals surface area contributed by atoms with Crippen LogP contribution in [0.15, 0.2) is 34.7 Å². The summed E-state index contributed by atoms with van der Waals surface area (Å²) in [6.07, 6.45) is 3.63. The molecule has 0 unspecified atom stereocenters. The first-order valence-electron chi connectivity index (χ1n) is 8.27. The minimum absolute atomic E-state index is 0.0453. The number of nitrogens with zero attached hydrogens (tertiary/aromatic N) is 3. The topological polar surface area (TPSA) is 62.3 Å². The van der Waals surface area contributed by atoms with Gasteiger partial charge in [0.25, 0.3) is 0 Å². The van der Waals surface area contributed by atoms with Gasteiger partial charge in [0.15, 0.2) is 0 Å². The first-order chi connectivity index (χ1) is 11.9. The monoisotopic (exact) mass is 407 g/mol. The lowest BCUT2D eigenvalue weighted by atomic mass is 10.2. The summed E-state index contributed by atoms with van der Waals surface area (Å²) in [5, 5.41) is 7.48. The molecule has 1 heterocycles. The van der Waals surface area contributed by atoms with Crippen LogP contribution < -0.4 is 15.4 Å². The molecule has 0 radical (unpaired) electrons. The van der Waals surface area contributed by atoms with Gasteiger partial charge in [-0.25, -0.2) is 9.97 Å². The van der Waals surface area contributed by atoms with E-state index in [1.807, 2.05) is 46.2 Å². The number of rotatable bonds is 8. The molecule has 0 amide bonds. The van der Waals surface area contributed by atoms with Gasteiger partial charge in [0, 0.05) is 16.7 Å². The fourth-order valence-electron chi connectivity index (χ4n) is 2.49. The zero-order chi connectivity index (χ0) is 18.4. The maximum absolute atomic E-state index is 6.19. The van der Waals surface area contributed by atoms with E-state index < -0.39 is 0 Å². The van der Waals surface area contributed by atoms with Crippen LogP contribution in [0.5, 0.6) is 5.75 Å². The molecule has 0 aliphatic carbocycles.